The van der Waals surface area contributed by atoms with Crippen molar-refractivity contribution in [3.8, 4) is 0 Å². The van der Waals surface area contributed by atoms with E-state index in [1.165, 1.54) is 4.40 Å². The average Bonchev–Trinajstić information content (AvgIpc) is 2.41. The van der Waals surface area contributed by atoms with Crippen LogP contribution in [-0.2, 0) is 6.18 Å². The molecule has 0 radical (unpaired) electrons. The molecular weight excluding hydrogens is 195 g/mol. The lowest BCUT2D eigenvalue weighted by atomic mass is 10.4. The SMILES string of the molecule is Cc1cn2cnc(C(F)(F)F)cc2n1. The molecule has 0 saturated heterocycles. The van der Waals surface area contributed by atoms with Crippen molar-refractivity contribution in [3.63, 3.8) is 0 Å². The minimum atomic E-state index is -4.42. The van der Waals surface area contributed by atoms with Gasteiger partial charge in [-0.15, -0.1) is 0 Å². The molecule has 2 aromatic heterocycles. The Morgan fingerprint density at radius 2 is 2.07 bits per heavy atom. The molecule has 0 aromatic carbocycles. The lowest BCUT2D eigenvalue weighted by molar-refractivity contribution is -0.141. The summed E-state index contributed by atoms with van der Waals surface area (Å²) in [5.74, 6) is 0. The third-order valence-electron chi connectivity index (χ3n) is 1.76. The van der Waals surface area contributed by atoms with Crippen molar-refractivity contribution in [2.75, 3.05) is 0 Å². The van der Waals surface area contributed by atoms with E-state index in [1.807, 2.05) is 0 Å². The highest BCUT2D eigenvalue weighted by Crippen LogP contribution is 2.27. The molecular formula is C8H6F3N3. The number of halogens is 3. The molecule has 2 aromatic rings. The molecule has 0 aliphatic carbocycles. The van der Waals surface area contributed by atoms with E-state index in [0.717, 1.165) is 12.4 Å². The molecule has 0 aliphatic rings. The summed E-state index contributed by atoms with van der Waals surface area (Å²) in [5, 5.41) is 0. The summed E-state index contributed by atoms with van der Waals surface area (Å²) >= 11 is 0. The Bertz CT molecular complexity index is 472. The second kappa shape index (κ2) is 2.70. The zero-order chi connectivity index (χ0) is 10.3. The van der Waals surface area contributed by atoms with E-state index in [0.29, 0.717) is 5.69 Å². The minimum Gasteiger partial charge on any atom is -0.290 e. The van der Waals surface area contributed by atoms with Gasteiger partial charge < -0.3 is 0 Å². The molecule has 0 aliphatic heterocycles. The fourth-order valence-corrected chi connectivity index (χ4v) is 1.17. The van der Waals surface area contributed by atoms with Crippen molar-refractivity contribution < 1.29 is 13.2 Å². The van der Waals surface area contributed by atoms with Gasteiger partial charge in [-0.3, -0.25) is 4.40 Å². The van der Waals surface area contributed by atoms with E-state index >= 15 is 0 Å². The van der Waals surface area contributed by atoms with E-state index in [2.05, 4.69) is 9.97 Å². The Hall–Kier alpha value is -1.59. The number of nitrogens with zero attached hydrogens (tertiary/aromatic N) is 3. The highest BCUT2D eigenvalue weighted by atomic mass is 19.4. The number of rotatable bonds is 0. The van der Waals surface area contributed by atoms with Gasteiger partial charge in [0.15, 0.2) is 0 Å². The zero-order valence-corrected chi connectivity index (χ0v) is 7.21. The Morgan fingerprint density at radius 3 is 2.71 bits per heavy atom. The lowest BCUT2D eigenvalue weighted by Crippen LogP contribution is -2.08. The summed E-state index contributed by atoms with van der Waals surface area (Å²) in [7, 11) is 0. The second-order valence-electron chi connectivity index (χ2n) is 2.92. The summed E-state index contributed by atoms with van der Waals surface area (Å²) in [4.78, 5) is 7.20. The molecule has 0 amide bonds. The van der Waals surface area contributed by atoms with E-state index in [1.54, 1.807) is 13.1 Å². The van der Waals surface area contributed by atoms with E-state index in [-0.39, 0.29) is 5.65 Å². The number of aromatic nitrogens is 3. The van der Waals surface area contributed by atoms with Gasteiger partial charge in [-0.25, -0.2) is 9.97 Å². The molecule has 74 valence electrons. The van der Waals surface area contributed by atoms with Gasteiger partial charge in [0, 0.05) is 12.3 Å². The van der Waals surface area contributed by atoms with Crippen molar-refractivity contribution in [3.05, 3.63) is 30.0 Å². The number of hydrogen-bond donors (Lipinski definition) is 0. The van der Waals surface area contributed by atoms with Gasteiger partial charge in [0.25, 0.3) is 0 Å². The van der Waals surface area contributed by atoms with Gasteiger partial charge in [0.05, 0.1) is 5.69 Å². The summed E-state index contributed by atoms with van der Waals surface area (Å²) in [6, 6.07) is 0.924. The maximum atomic E-state index is 12.2. The van der Waals surface area contributed by atoms with E-state index < -0.39 is 11.9 Å². The molecule has 0 saturated carbocycles. The monoisotopic (exact) mass is 201 g/mol. The van der Waals surface area contributed by atoms with E-state index in [4.69, 9.17) is 0 Å². The topological polar surface area (TPSA) is 30.2 Å². The van der Waals surface area contributed by atoms with Crippen LogP contribution in [0.25, 0.3) is 5.65 Å². The minimum absolute atomic E-state index is 0.254. The van der Waals surface area contributed by atoms with Gasteiger partial charge in [-0.05, 0) is 6.92 Å². The molecule has 0 N–H and O–H groups in total. The molecule has 14 heavy (non-hydrogen) atoms. The predicted octanol–water partition coefficient (Wildman–Crippen LogP) is 2.06. The number of fused-ring (bicyclic) bond motifs is 1. The molecule has 0 bridgehead atoms. The average molecular weight is 201 g/mol. The van der Waals surface area contributed by atoms with Crippen LogP contribution in [-0.4, -0.2) is 14.4 Å². The summed E-state index contributed by atoms with van der Waals surface area (Å²) < 4.78 is 38.1. The first-order valence-electron chi connectivity index (χ1n) is 3.85. The zero-order valence-electron chi connectivity index (χ0n) is 7.21. The maximum Gasteiger partial charge on any atom is 0.433 e. The molecule has 0 atom stereocenters. The third-order valence-corrected chi connectivity index (χ3v) is 1.76. The van der Waals surface area contributed by atoms with Gasteiger partial charge in [-0.2, -0.15) is 13.2 Å². The largest absolute Gasteiger partial charge is 0.433 e. The van der Waals surface area contributed by atoms with Gasteiger partial charge in [-0.1, -0.05) is 0 Å². The van der Waals surface area contributed by atoms with Crippen molar-refractivity contribution in [2.45, 2.75) is 13.1 Å². The quantitative estimate of drug-likeness (QED) is 0.653. The summed E-state index contributed by atoms with van der Waals surface area (Å²) in [6.07, 6.45) is -1.69. The van der Waals surface area contributed by atoms with Crippen LogP contribution in [0.3, 0.4) is 0 Å². The number of hydrogen-bond acceptors (Lipinski definition) is 2. The molecule has 0 spiro atoms. The first-order chi connectivity index (χ1) is 6.47. The smallest absolute Gasteiger partial charge is 0.290 e. The van der Waals surface area contributed by atoms with Crippen LogP contribution in [0.4, 0.5) is 13.2 Å². The molecule has 6 heteroatoms. The molecule has 2 rings (SSSR count). The van der Waals surface area contributed by atoms with Crippen LogP contribution < -0.4 is 0 Å². The fraction of sp³-hybridized carbons (Fsp3) is 0.250. The number of imidazole rings is 1. The predicted molar refractivity (Wildman–Crippen MR) is 42.7 cm³/mol. The highest BCUT2D eigenvalue weighted by Gasteiger charge is 2.32. The van der Waals surface area contributed by atoms with Crippen LogP contribution in [0.2, 0.25) is 0 Å². The van der Waals surface area contributed by atoms with Gasteiger partial charge >= 0.3 is 6.18 Å². The lowest BCUT2D eigenvalue weighted by Gasteiger charge is -2.04. The van der Waals surface area contributed by atoms with Gasteiger partial charge in [0.1, 0.15) is 17.7 Å². The van der Waals surface area contributed by atoms with Crippen molar-refractivity contribution in [1.82, 2.24) is 14.4 Å². The highest BCUT2D eigenvalue weighted by molar-refractivity contribution is 5.40. The second-order valence-corrected chi connectivity index (χ2v) is 2.92. The van der Waals surface area contributed by atoms with Crippen molar-refractivity contribution in [1.29, 1.82) is 0 Å². The maximum absolute atomic E-state index is 12.2. The summed E-state index contributed by atoms with van der Waals surface area (Å²) in [5.41, 5.74) is -0.00782. The molecule has 2 heterocycles. The Balaban J connectivity index is 2.62. The molecule has 3 nitrogen and oxygen atoms in total. The van der Waals surface area contributed by atoms with Crippen LogP contribution in [0, 0.1) is 6.92 Å². The first kappa shape index (κ1) is 8.98. The van der Waals surface area contributed by atoms with Crippen LogP contribution >= 0.6 is 0 Å². The van der Waals surface area contributed by atoms with E-state index in [9.17, 15) is 13.2 Å². The Labute approximate surface area is 77.2 Å². The number of alkyl halides is 3. The number of aryl methyl sites for hydroxylation is 1. The normalized spacial score (nSPS) is 12.3. The van der Waals surface area contributed by atoms with Gasteiger partial charge in [0.2, 0.25) is 0 Å². The fourth-order valence-electron chi connectivity index (χ4n) is 1.17. The standard InChI is InChI=1S/C8H6F3N3/c1-5-3-14-4-12-6(8(9,10)11)2-7(14)13-5/h2-4H,1H3. The van der Waals surface area contributed by atoms with Crippen LogP contribution in [0.5, 0.6) is 0 Å². The Kier molecular flexibility index (Phi) is 1.73. The Morgan fingerprint density at radius 1 is 1.36 bits per heavy atom. The van der Waals surface area contributed by atoms with Crippen molar-refractivity contribution >= 4 is 5.65 Å². The molecule has 0 fully saturated rings. The summed E-state index contributed by atoms with van der Waals surface area (Å²) in [6.45, 7) is 1.71. The molecule has 0 unspecified atom stereocenters. The van der Waals surface area contributed by atoms with Crippen LogP contribution in [0.15, 0.2) is 18.6 Å². The van der Waals surface area contributed by atoms with Crippen LogP contribution in [0.1, 0.15) is 11.4 Å². The first-order valence-corrected chi connectivity index (χ1v) is 3.85. The van der Waals surface area contributed by atoms with Crippen molar-refractivity contribution in [2.24, 2.45) is 0 Å². The third kappa shape index (κ3) is 1.43.